The number of hydrogen-bond donors (Lipinski definition) is 2. The van der Waals surface area contributed by atoms with Gasteiger partial charge in [0.05, 0.1) is 23.4 Å². The standard InChI is InChI=1S/C19H16F3N3O5S/c20-19(21,22)12-4-3-5-13(10-12)24-16(26)11-30-17(27)8-9-23-18-14-6-1-2-7-15(14)31(28,29)25-18/h1-7,10H,8-9,11H2,(H,23,25)(H,24,26). The van der Waals surface area contributed by atoms with Crippen molar-refractivity contribution in [3.05, 3.63) is 59.7 Å². The number of alkyl halides is 3. The molecule has 2 aromatic rings. The highest BCUT2D eigenvalue weighted by atomic mass is 32.2. The topological polar surface area (TPSA) is 114 Å². The molecular weight excluding hydrogens is 439 g/mol. The predicted molar refractivity (Wildman–Crippen MR) is 104 cm³/mol. The number of halogens is 3. The van der Waals surface area contributed by atoms with Crippen LogP contribution in [0.2, 0.25) is 0 Å². The van der Waals surface area contributed by atoms with Crippen LogP contribution in [-0.4, -0.2) is 39.3 Å². The van der Waals surface area contributed by atoms with E-state index in [2.05, 4.69) is 15.0 Å². The number of amidine groups is 1. The molecular formula is C19H16F3N3O5S. The molecule has 0 aliphatic carbocycles. The molecule has 1 heterocycles. The molecule has 0 unspecified atom stereocenters. The monoisotopic (exact) mass is 455 g/mol. The second kappa shape index (κ2) is 8.76. The van der Waals surface area contributed by atoms with Gasteiger partial charge in [-0.3, -0.25) is 19.3 Å². The lowest BCUT2D eigenvalue weighted by atomic mass is 10.2. The van der Waals surface area contributed by atoms with Crippen LogP contribution in [0.25, 0.3) is 0 Å². The number of aliphatic imine (C=N–C) groups is 1. The van der Waals surface area contributed by atoms with Gasteiger partial charge in [0.15, 0.2) is 6.61 Å². The minimum atomic E-state index is -4.55. The molecule has 0 spiro atoms. The number of amides is 1. The van der Waals surface area contributed by atoms with Gasteiger partial charge in [0, 0.05) is 11.3 Å². The first-order valence-electron chi connectivity index (χ1n) is 8.86. The van der Waals surface area contributed by atoms with Crippen molar-refractivity contribution in [2.75, 3.05) is 18.5 Å². The van der Waals surface area contributed by atoms with E-state index < -0.39 is 40.2 Å². The van der Waals surface area contributed by atoms with Crippen molar-refractivity contribution in [3.8, 4) is 0 Å². The Bertz CT molecular complexity index is 1150. The summed E-state index contributed by atoms with van der Waals surface area (Å²) in [5.74, 6) is -1.49. The smallest absolute Gasteiger partial charge is 0.416 e. The number of fused-ring (bicyclic) bond motifs is 1. The Morgan fingerprint density at radius 3 is 2.58 bits per heavy atom. The lowest BCUT2D eigenvalue weighted by Gasteiger charge is -2.10. The Balaban J connectivity index is 1.48. The van der Waals surface area contributed by atoms with Crippen LogP contribution < -0.4 is 10.0 Å². The number of rotatable bonds is 6. The summed E-state index contributed by atoms with van der Waals surface area (Å²) in [4.78, 5) is 27.7. The van der Waals surface area contributed by atoms with Gasteiger partial charge < -0.3 is 10.1 Å². The van der Waals surface area contributed by atoms with E-state index in [4.69, 9.17) is 4.74 Å². The van der Waals surface area contributed by atoms with Crippen molar-refractivity contribution in [2.45, 2.75) is 17.5 Å². The molecule has 0 saturated heterocycles. The fraction of sp³-hybridized carbons (Fsp3) is 0.211. The van der Waals surface area contributed by atoms with Crippen molar-refractivity contribution < 1.29 is 35.9 Å². The quantitative estimate of drug-likeness (QED) is 0.649. The van der Waals surface area contributed by atoms with Crippen molar-refractivity contribution in [1.29, 1.82) is 0 Å². The molecule has 164 valence electrons. The van der Waals surface area contributed by atoms with Crippen LogP contribution in [0.3, 0.4) is 0 Å². The van der Waals surface area contributed by atoms with Crippen LogP contribution in [0.1, 0.15) is 17.5 Å². The molecule has 0 saturated carbocycles. The number of carbonyl (C=O) groups excluding carboxylic acids is 2. The highest BCUT2D eigenvalue weighted by Crippen LogP contribution is 2.30. The third-order valence-corrected chi connectivity index (χ3v) is 5.48. The summed E-state index contributed by atoms with van der Waals surface area (Å²) in [5.41, 5.74) is -0.628. The van der Waals surface area contributed by atoms with Crippen LogP contribution >= 0.6 is 0 Å². The molecule has 0 atom stereocenters. The Labute approximate surface area is 175 Å². The fourth-order valence-corrected chi connectivity index (χ4v) is 3.95. The normalized spacial score (nSPS) is 15.8. The van der Waals surface area contributed by atoms with Gasteiger partial charge in [-0.05, 0) is 30.3 Å². The first-order chi connectivity index (χ1) is 14.6. The molecule has 3 rings (SSSR count). The Morgan fingerprint density at radius 2 is 1.84 bits per heavy atom. The van der Waals surface area contributed by atoms with Gasteiger partial charge in [-0.1, -0.05) is 18.2 Å². The zero-order valence-electron chi connectivity index (χ0n) is 15.8. The van der Waals surface area contributed by atoms with E-state index in [1.165, 1.54) is 12.1 Å². The fourth-order valence-electron chi connectivity index (χ4n) is 2.70. The Hall–Kier alpha value is -3.41. The zero-order valence-corrected chi connectivity index (χ0v) is 16.6. The number of benzene rings is 2. The molecule has 1 amide bonds. The number of esters is 1. The molecule has 0 aromatic heterocycles. The Morgan fingerprint density at radius 1 is 1.10 bits per heavy atom. The highest BCUT2D eigenvalue weighted by Gasteiger charge is 2.31. The van der Waals surface area contributed by atoms with Gasteiger partial charge >= 0.3 is 12.1 Å². The zero-order chi connectivity index (χ0) is 22.6. The lowest BCUT2D eigenvalue weighted by Crippen LogP contribution is -2.23. The van der Waals surface area contributed by atoms with E-state index in [1.54, 1.807) is 18.2 Å². The van der Waals surface area contributed by atoms with Crippen LogP contribution in [-0.2, 0) is 30.5 Å². The molecule has 2 aromatic carbocycles. The molecule has 31 heavy (non-hydrogen) atoms. The summed E-state index contributed by atoms with van der Waals surface area (Å²) in [6.45, 7) is -0.790. The van der Waals surface area contributed by atoms with E-state index in [9.17, 15) is 31.2 Å². The first-order valence-corrected chi connectivity index (χ1v) is 10.3. The summed E-state index contributed by atoms with van der Waals surface area (Å²) >= 11 is 0. The van der Waals surface area contributed by atoms with E-state index in [0.717, 1.165) is 18.2 Å². The van der Waals surface area contributed by atoms with Gasteiger partial charge in [0.2, 0.25) is 0 Å². The van der Waals surface area contributed by atoms with Crippen molar-refractivity contribution in [3.63, 3.8) is 0 Å². The number of anilines is 1. The number of sulfonamides is 1. The van der Waals surface area contributed by atoms with E-state index in [0.29, 0.717) is 5.56 Å². The first kappa shape index (κ1) is 22.3. The molecule has 12 heteroatoms. The molecule has 0 fully saturated rings. The maximum absolute atomic E-state index is 12.7. The predicted octanol–water partition coefficient (Wildman–Crippen LogP) is 2.32. The van der Waals surface area contributed by atoms with Crippen molar-refractivity contribution >= 4 is 33.4 Å². The van der Waals surface area contributed by atoms with Gasteiger partial charge in [0.25, 0.3) is 15.9 Å². The molecule has 0 bridgehead atoms. The molecule has 2 N–H and O–H groups in total. The summed E-state index contributed by atoms with van der Waals surface area (Å²) < 4.78 is 69.1. The number of carbonyl (C=O) groups is 2. The molecule has 1 aliphatic rings. The van der Waals surface area contributed by atoms with Crippen molar-refractivity contribution in [2.24, 2.45) is 4.99 Å². The summed E-state index contributed by atoms with van der Waals surface area (Å²) in [6.07, 6.45) is -4.78. The maximum atomic E-state index is 12.7. The second-order valence-electron chi connectivity index (χ2n) is 6.37. The SMILES string of the molecule is O=C(COC(=O)CCN=C1NS(=O)(=O)c2ccccc21)Nc1cccc(C(F)(F)F)c1. The van der Waals surface area contributed by atoms with Crippen LogP contribution in [0.5, 0.6) is 0 Å². The third-order valence-electron chi connectivity index (χ3n) is 4.09. The van der Waals surface area contributed by atoms with Gasteiger partial charge in [-0.2, -0.15) is 13.2 Å². The van der Waals surface area contributed by atoms with Crippen LogP contribution in [0.4, 0.5) is 18.9 Å². The van der Waals surface area contributed by atoms with Crippen LogP contribution in [0, 0.1) is 0 Å². The number of nitrogens with one attached hydrogen (secondary N) is 2. The maximum Gasteiger partial charge on any atom is 0.416 e. The van der Waals surface area contributed by atoms with Gasteiger partial charge in [0.1, 0.15) is 5.84 Å². The third kappa shape index (κ3) is 5.60. The largest absolute Gasteiger partial charge is 0.456 e. The minimum Gasteiger partial charge on any atom is -0.456 e. The molecule has 1 aliphatic heterocycles. The Kier molecular flexibility index (Phi) is 6.29. The highest BCUT2D eigenvalue weighted by molar-refractivity contribution is 7.90. The van der Waals surface area contributed by atoms with E-state index in [-0.39, 0.29) is 29.4 Å². The molecule has 8 nitrogen and oxygen atoms in total. The average molecular weight is 455 g/mol. The van der Waals surface area contributed by atoms with Gasteiger partial charge in [-0.25, -0.2) is 8.42 Å². The second-order valence-corrected chi connectivity index (χ2v) is 8.02. The number of hydrogen-bond acceptors (Lipinski definition) is 6. The summed E-state index contributed by atoms with van der Waals surface area (Å²) in [5, 5.41) is 2.21. The number of ether oxygens (including phenoxy) is 1. The van der Waals surface area contributed by atoms with Crippen LogP contribution in [0.15, 0.2) is 58.4 Å². The van der Waals surface area contributed by atoms with E-state index in [1.807, 2.05) is 0 Å². The summed E-state index contributed by atoms with van der Waals surface area (Å²) in [6, 6.07) is 10.2. The van der Waals surface area contributed by atoms with Crippen molar-refractivity contribution in [1.82, 2.24) is 4.72 Å². The minimum absolute atomic E-state index is 0.0857. The van der Waals surface area contributed by atoms with Gasteiger partial charge in [-0.15, -0.1) is 0 Å². The molecule has 0 radical (unpaired) electrons. The summed E-state index contributed by atoms with van der Waals surface area (Å²) in [7, 11) is -3.69. The lowest BCUT2D eigenvalue weighted by molar-refractivity contribution is -0.147. The average Bonchev–Trinajstić information content (AvgIpc) is 2.97. The van der Waals surface area contributed by atoms with E-state index >= 15 is 0 Å². The number of nitrogens with zero attached hydrogens (tertiary/aromatic N) is 1.